The van der Waals surface area contributed by atoms with Crippen molar-refractivity contribution in [3.05, 3.63) is 29.3 Å². The zero-order chi connectivity index (χ0) is 13.0. The van der Waals surface area contributed by atoms with Crippen molar-refractivity contribution in [2.24, 2.45) is 0 Å². The first-order valence-corrected chi connectivity index (χ1v) is 6.86. The minimum Gasteiger partial charge on any atom is -0.323 e. The van der Waals surface area contributed by atoms with Gasteiger partial charge in [-0.05, 0) is 45.0 Å². The summed E-state index contributed by atoms with van der Waals surface area (Å²) in [6.07, 6.45) is 3.64. The summed E-state index contributed by atoms with van der Waals surface area (Å²) in [6.45, 7) is 3.98. The molecule has 3 nitrogen and oxygen atoms in total. The molecule has 0 bridgehead atoms. The quantitative estimate of drug-likeness (QED) is 0.912. The second-order valence-corrected chi connectivity index (χ2v) is 5.15. The van der Waals surface area contributed by atoms with Crippen molar-refractivity contribution in [3.8, 4) is 0 Å². The van der Waals surface area contributed by atoms with E-state index in [9.17, 15) is 4.79 Å². The van der Waals surface area contributed by atoms with Gasteiger partial charge in [-0.15, -0.1) is 0 Å². The lowest BCUT2D eigenvalue weighted by atomic mass is 10.1. The third kappa shape index (κ3) is 3.24. The summed E-state index contributed by atoms with van der Waals surface area (Å²) in [5, 5.41) is 3.47. The maximum Gasteiger partial charge on any atom is 0.241 e. The summed E-state index contributed by atoms with van der Waals surface area (Å²) in [4.78, 5) is 14.4. The maximum atomic E-state index is 12.2. The van der Waals surface area contributed by atoms with Gasteiger partial charge in [-0.3, -0.25) is 9.69 Å². The van der Waals surface area contributed by atoms with Crippen LogP contribution in [0.2, 0.25) is 5.02 Å². The van der Waals surface area contributed by atoms with Gasteiger partial charge in [-0.1, -0.05) is 30.2 Å². The Hall–Kier alpha value is -1.06. The van der Waals surface area contributed by atoms with Gasteiger partial charge in [0.1, 0.15) is 0 Å². The van der Waals surface area contributed by atoms with Gasteiger partial charge in [0.25, 0.3) is 0 Å². The van der Waals surface area contributed by atoms with Crippen molar-refractivity contribution in [1.82, 2.24) is 4.90 Å². The summed E-state index contributed by atoms with van der Waals surface area (Å²) in [5.74, 6) is 0.0185. The molecule has 1 aliphatic rings. The molecule has 0 spiro atoms. The molecule has 1 N–H and O–H groups in total. The molecule has 0 saturated carbocycles. The fourth-order valence-electron chi connectivity index (χ4n) is 2.27. The Morgan fingerprint density at radius 1 is 1.28 bits per heavy atom. The first-order valence-electron chi connectivity index (χ1n) is 6.48. The van der Waals surface area contributed by atoms with Crippen molar-refractivity contribution in [1.29, 1.82) is 0 Å². The molecule has 0 radical (unpaired) electrons. The van der Waals surface area contributed by atoms with Crippen LogP contribution in [0.4, 0.5) is 5.69 Å². The Bertz CT molecular complexity index is 416. The molecule has 0 aromatic heterocycles. The van der Waals surface area contributed by atoms with E-state index < -0.39 is 0 Å². The maximum absolute atomic E-state index is 12.2. The number of carbonyl (C=O) groups excluding carboxylic acids is 1. The highest BCUT2D eigenvalue weighted by molar-refractivity contribution is 6.33. The van der Waals surface area contributed by atoms with Crippen molar-refractivity contribution < 1.29 is 4.79 Å². The smallest absolute Gasteiger partial charge is 0.241 e. The van der Waals surface area contributed by atoms with Crippen molar-refractivity contribution >= 4 is 23.2 Å². The van der Waals surface area contributed by atoms with Gasteiger partial charge in [0, 0.05) is 0 Å². The number of hydrogen-bond acceptors (Lipinski definition) is 2. The van der Waals surface area contributed by atoms with Crippen molar-refractivity contribution in [3.63, 3.8) is 0 Å². The first-order chi connectivity index (χ1) is 8.68. The van der Waals surface area contributed by atoms with E-state index in [-0.39, 0.29) is 11.9 Å². The molecule has 98 valence electrons. The van der Waals surface area contributed by atoms with Crippen LogP contribution < -0.4 is 5.32 Å². The molecule has 1 aliphatic heterocycles. The number of amides is 1. The second-order valence-electron chi connectivity index (χ2n) is 4.74. The highest BCUT2D eigenvalue weighted by atomic mass is 35.5. The molecule has 0 aliphatic carbocycles. The monoisotopic (exact) mass is 266 g/mol. The summed E-state index contributed by atoms with van der Waals surface area (Å²) in [5.41, 5.74) is 0.688. The molecular formula is C14H19ClN2O. The van der Waals surface area contributed by atoms with E-state index in [2.05, 4.69) is 10.2 Å². The van der Waals surface area contributed by atoms with E-state index in [1.54, 1.807) is 6.07 Å². The number of likely N-dealkylation sites (tertiary alicyclic amines) is 1. The average molecular weight is 267 g/mol. The van der Waals surface area contributed by atoms with Crippen molar-refractivity contribution in [2.75, 3.05) is 18.4 Å². The lowest BCUT2D eigenvalue weighted by Crippen LogP contribution is -2.44. The van der Waals surface area contributed by atoms with E-state index >= 15 is 0 Å². The number of carbonyl (C=O) groups is 1. The van der Waals surface area contributed by atoms with Crippen LogP contribution >= 0.6 is 11.6 Å². The topological polar surface area (TPSA) is 32.3 Å². The van der Waals surface area contributed by atoms with Gasteiger partial charge in [0.05, 0.1) is 16.8 Å². The van der Waals surface area contributed by atoms with Crippen LogP contribution in [0.25, 0.3) is 0 Å². The summed E-state index contributed by atoms with van der Waals surface area (Å²) >= 11 is 6.03. The third-order valence-electron chi connectivity index (χ3n) is 3.45. The largest absolute Gasteiger partial charge is 0.323 e. The predicted octanol–water partition coefficient (Wildman–Crippen LogP) is 3.15. The van der Waals surface area contributed by atoms with E-state index in [1.807, 2.05) is 25.1 Å². The normalized spacial score (nSPS) is 18.3. The minimum atomic E-state index is -0.0958. The number of para-hydroxylation sites is 1. The second kappa shape index (κ2) is 6.21. The van der Waals surface area contributed by atoms with Crippen LogP contribution in [0.5, 0.6) is 0 Å². The molecule has 1 fully saturated rings. The SMILES string of the molecule is CC(C(=O)Nc1ccccc1Cl)N1CCCCC1. The number of piperidine rings is 1. The molecule has 1 amide bonds. The molecule has 1 unspecified atom stereocenters. The van der Waals surface area contributed by atoms with E-state index in [1.165, 1.54) is 19.3 Å². The molecule has 18 heavy (non-hydrogen) atoms. The van der Waals surface area contributed by atoms with E-state index in [0.29, 0.717) is 10.7 Å². The molecule has 1 heterocycles. The summed E-state index contributed by atoms with van der Waals surface area (Å²) in [6, 6.07) is 7.23. The molecule has 1 aromatic rings. The Morgan fingerprint density at radius 3 is 2.61 bits per heavy atom. The lowest BCUT2D eigenvalue weighted by Gasteiger charge is -2.31. The Balaban J connectivity index is 1.97. The number of rotatable bonds is 3. The van der Waals surface area contributed by atoms with Crippen molar-refractivity contribution in [2.45, 2.75) is 32.2 Å². The molecule has 1 aromatic carbocycles. The van der Waals surface area contributed by atoms with Gasteiger partial charge >= 0.3 is 0 Å². The van der Waals surface area contributed by atoms with Crippen LogP contribution in [0, 0.1) is 0 Å². The minimum absolute atomic E-state index is 0.0185. The Morgan fingerprint density at radius 2 is 1.94 bits per heavy atom. The number of hydrogen-bond donors (Lipinski definition) is 1. The van der Waals surface area contributed by atoms with Crippen LogP contribution in [-0.2, 0) is 4.79 Å². The standard InChI is InChI=1S/C14H19ClN2O/c1-11(17-9-5-2-6-10-17)14(18)16-13-8-4-3-7-12(13)15/h3-4,7-8,11H,2,5-6,9-10H2,1H3,(H,16,18). The van der Waals surface area contributed by atoms with Crippen LogP contribution in [0.15, 0.2) is 24.3 Å². The van der Waals surface area contributed by atoms with Gasteiger partial charge in [0.15, 0.2) is 0 Å². The summed E-state index contributed by atoms with van der Waals surface area (Å²) in [7, 11) is 0. The summed E-state index contributed by atoms with van der Waals surface area (Å²) < 4.78 is 0. The molecule has 2 rings (SSSR count). The number of nitrogens with zero attached hydrogens (tertiary/aromatic N) is 1. The number of benzene rings is 1. The Kier molecular flexibility index (Phi) is 4.61. The molecular weight excluding hydrogens is 248 g/mol. The fourth-order valence-corrected chi connectivity index (χ4v) is 2.45. The van der Waals surface area contributed by atoms with E-state index in [4.69, 9.17) is 11.6 Å². The fraction of sp³-hybridized carbons (Fsp3) is 0.500. The highest BCUT2D eigenvalue weighted by Crippen LogP contribution is 2.21. The third-order valence-corrected chi connectivity index (χ3v) is 3.78. The Labute approximate surface area is 113 Å². The predicted molar refractivity (Wildman–Crippen MR) is 75.0 cm³/mol. The molecule has 4 heteroatoms. The van der Waals surface area contributed by atoms with Crippen LogP contribution in [0.1, 0.15) is 26.2 Å². The van der Waals surface area contributed by atoms with E-state index in [0.717, 1.165) is 13.1 Å². The first kappa shape index (κ1) is 13.4. The number of nitrogens with one attached hydrogen (secondary N) is 1. The highest BCUT2D eigenvalue weighted by Gasteiger charge is 2.23. The number of anilines is 1. The average Bonchev–Trinajstić information content (AvgIpc) is 2.41. The van der Waals surface area contributed by atoms with Crippen LogP contribution in [0.3, 0.4) is 0 Å². The van der Waals surface area contributed by atoms with Crippen LogP contribution in [-0.4, -0.2) is 29.9 Å². The molecule has 1 saturated heterocycles. The number of halogens is 1. The zero-order valence-corrected chi connectivity index (χ0v) is 11.4. The zero-order valence-electron chi connectivity index (χ0n) is 10.7. The molecule has 1 atom stereocenters. The van der Waals surface area contributed by atoms with Gasteiger partial charge in [-0.25, -0.2) is 0 Å². The van der Waals surface area contributed by atoms with Gasteiger partial charge in [-0.2, -0.15) is 0 Å². The van der Waals surface area contributed by atoms with Gasteiger partial charge in [0.2, 0.25) is 5.91 Å². The van der Waals surface area contributed by atoms with Gasteiger partial charge < -0.3 is 5.32 Å². The lowest BCUT2D eigenvalue weighted by molar-refractivity contribution is -0.121.